The smallest absolute Gasteiger partial charge is 0.203 e. The molecule has 1 aliphatic rings. The number of aliphatic imine (C=N–C) groups is 1. The maximum Gasteiger partial charge on any atom is 0.203 e. The highest BCUT2D eigenvalue weighted by Gasteiger charge is 2.28. The van der Waals surface area contributed by atoms with Gasteiger partial charge in [-0.1, -0.05) is 170 Å². The van der Waals surface area contributed by atoms with Crippen molar-refractivity contribution < 1.29 is 0 Å². The summed E-state index contributed by atoms with van der Waals surface area (Å²) in [5.74, 6) is 0. The largest absolute Gasteiger partial charge is 0.335 e. The van der Waals surface area contributed by atoms with Crippen LogP contribution in [0.25, 0.3) is 98.4 Å². The summed E-state index contributed by atoms with van der Waals surface area (Å²) in [4.78, 5) is 7.81. The van der Waals surface area contributed by atoms with E-state index in [-0.39, 0.29) is 6.29 Å². The lowest BCUT2D eigenvalue weighted by atomic mass is 9.93. The summed E-state index contributed by atoms with van der Waals surface area (Å²) in [7, 11) is 2.17. The van der Waals surface area contributed by atoms with Gasteiger partial charge in [-0.3, -0.25) is 0 Å². The first-order chi connectivity index (χ1) is 31.2. The Morgan fingerprint density at radius 1 is 0.365 bits per heavy atom. The van der Waals surface area contributed by atoms with E-state index in [4.69, 9.17) is 4.99 Å². The number of allylic oxidation sites excluding steroid dienone is 1. The van der Waals surface area contributed by atoms with Crippen LogP contribution in [0.4, 0.5) is 0 Å². The monoisotopic (exact) mass is 804 g/mol. The van der Waals surface area contributed by atoms with Gasteiger partial charge in [0.05, 0.1) is 33.5 Å². The molecule has 1 aliphatic heterocycles. The molecule has 3 heterocycles. The number of aromatic nitrogens is 2. The van der Waals surface area contributed by atoms with Gasteiger partial charge in [-0.05, 0) is 97.7 Å². The van der Waals surface area contributed by atoms with Crippen molar-refractivity contribution in [2.24, 2.45) is 4.99 Å². The van der Waals surface area contributed by atoms with Crippen LogP contribution in [-0.4, -0.2) is 26.8 Å². The molecular formula is C59H40N4. The van der Waals surface area contributed by atoms with Gasteiger partial charge in [0.2, 0.25) is 6.29 Å². The van der Waals surface area contributed by atoms with Gasteiger partial charge in [-0.2, -0.15) is 0 Å². The van der Waals surface area contributed by atoms with Crippen LogP contribution in [0.3, 0.4) is 0 Å². The van der Waals surface area contributed by atoms with Crippen molar-refractivity contribution >= 4 is 87.3 Å². The molecule has 296 valence electrons. The van der Waals surface area contributed by atoms with Crippen LogP contribution in [-0.2, 0) is 0 Å². The van der Waals surface area contributed by atoms with Gasteiger partial charge >= 0.3 is 0 Å². The molecule has 13 rings (SSSR count). The van der Waals surface area contributed by atoms with Crippen LogP contribution in [0.2, 0.25) is 0 Å². The maximum absolute atomic E-state index is 5.50. The number of benzene rings is 10. The van der Waals surface area contributed by atoms with E-state index < -0.39 is 0 Å². The molecule has 0 fully saturated rings. The molecule has 0 saturated carbocycles. The molecule has 0 bridgehead atoms. The van der Waals surface area contributed by atoms with E-state index in [9.17, 15) is 0 Å². The lowest BCUT2D eigenvalue weighted by Gasteiger charge is -2.35. The minimum absolute atomic E-state index is 0.305. The Labute approximate surface area is 364 Å². The van der Waals surface area contributed by atoms with Gasteiger partial charge in [-0.25, -0.2) is 4.99 Å². The summed E-state index contributed by atoms with van der Waals surface area (Å²) in [5, 5.41) is 12.5. The minimum Gasteiger partial charge on any atom is -0.335 e. The lowest BCUT2D eigenvalue weighted by molar-refractivity contribution is 0.282. The van der Waals surface area contributed by atoms with Crippen molar-refractivity contribution in [3.8, 4) is 16.8 Å². The zero-order valence-corrected chi connectivity index (χ0v) is 34.7. The van der Waals surface area contributed by atoms with Gasteiger partial charge in [0.25, 0.3) is 0 Å². The molecule has 4 nitrogen and oxygen atoms in total. The molecule has 0 N–H and O–H groups in total. The van der Waals surface area contributed by atoms with Crippen LogP contribution >= 0.6 is 0 Å². The molecular weight excluding hydrogens is 765 g/mol. The van der Waals surface area contributed by atoms with Gasteiger partial charge < -0.3 is 14.0 Å². The van der Waals surface area contributed by atoms with Crippen molar-refractivity contribution in [2.45, 2.75) is 6.29 Å². The minimum atomic E-state index is -0.305. The Kier molecular flexibility index (Phi) is 7.85. The zero-order valence-electron chi connectivity index (χ0n) is 34.7. The predicted octanol–water partition coefficient (Wildman–Crippen LogP) is 15.0. The third-order valence-corrected chi connectivity index (χ3v) is 13.3. The molecule has 1 unspecified atom stereocenters. The number of nitrogens with zero attached hydrogens (tertiary/aromatic N) is 4. The molecule has 0 saturated heterocycles. The van der Waals surface area contributed by atoms with E-state index in [1.54, 1.807) is 0 Å². The van der Waals surface area contributed by atoms with Crippen molar-refractivity contribution in [1.29, 1.82) is 0 Å². The molecule has 4 heteroatoms. The second-order valence-corrected chi connectivity index (χ2v) is 16.7. The Hall–Kier alpha value is -8.21. The van der Waals surface area contributed by atoms with E-state index in [2.05, 4.69) is 239 Å². The Morgan fingerprint density at radius 2 is 0.825 bits per heavy atom. The average molecular weight is 805 g/mol. The number of para-hydroxylation sites is 2. The zero-order chi connectivity index (χ0) is 41.6. The van der Waals surface area contributed by atoms with E-state index >= 15 is 0 Å². The van der Waals surface area contributed by atoms with Crippen LogP contribution < -0.4 is 0 Å². The first-order valence-electron chi connectivity index (χ1n) is 21.7. The highest BCUT2D eigenvalue weighted by atomic mass is 15.4. The molecule has 63 heavy (non-hydrogen) atoms. The summed E-state index contributed by atoms with van der Waals surface area (Å²) in [6.45, 7) is 0. The predicted molar refractivity (Wildman–Crippen MR) is 266 cm³/mol. The molecule has 2 aromatic heterocycles. The first kappa shape index (κ1) is 35.5. The summed E-state index contributed by atoms with van der Waals surface area (Å²) < 4.78 is 4.90. The van der Waals surface area contributed by atoms with E-state index in [0.29, 0.717) is 0 Å². The van der Waals surface area contributed by atoms with Crippen LogP contribution in [0.15, 0.2) is 223 Å². The number of fused-ring (bicyclic) bond motifs is 12. The van der Waals surface area contributed by atoms with Gasteiger partial charge in [-0.15, -0.1) is 0 Å². The molecule has 0 aliphatic carbocycles. The highest BCUT2D eigenvalue weighted by molar-refractivity contribution is 6.28. The maximum atomic E-state index is 5.50. The third-order valence-electron chi connectivity index (χ3n) is 13.3. The van der Waals surface area contributed by atoms with Crippen molar-refractivity contribution in [2.75, 3.05) is 7.05 Å². The molecule has 12 aromatic rings. The second kappa shape index (κ2) is 13.9. The van der Waals surface area contributed by atoms with E-state index in [0.717, 1.165) is 33.6 Å². The number of hydrogen-bond donors (Lipinski definition) is 0. The van der Waals surface area contributed by atoms with Crippen molar-refractivity contribution in [3.63, 3.8) is 0 Å². The van der Waals surface area contributed by atoms with Crippen molar-refractivity contribution in [3.05, 3.63) is 230 Å². The fourth-order valence-corrected chi connectivity index (χ4v) is 10.5. The number of rotatable bonds is 5. The normalized spacial score (nSPS) is 14.4. The van der Waals surface area contributed by atoms with Gasteiger partial charge in [0.15, 0.2) is 0 Å². The van der Waals surface area contributed by atoms with Gasteiger partial charge in [0, 0.05) is 39.7 Å². The molecule has 0 radical (unpaired) electrons. The van der Waals surface area contributed by atoms with Crippen molar-refractivity contribution in [1.82, 2.24) is 14.0 Å². The second-order valence-electron chi connectivity index (χ2n) is 16.7. The molecule has 0 amide bonds. The SMILES string of the molecule is CN1C(c2ccccc2)=CC(c2ccccc2)=NC1n1c2ccccc2c2cc(-c3ccc4c(c3)c3ccccc3n4-c3cccc4c5ccccc5c5ccccc5c34)ccc21. The van der Waals surface area contributed by atoms with Crippen LogP contribution in [0.1, 0.15) is 17.4 Å². The molecule has 0 spiro atoms. The Morgan fingerprint density at radius 3 is 1.49 bits per heavy atom. The fourth-order valence-electron chi connectivity index (χ4n) is 10.5. The fraction of sp³-hybridized carbons (Fsp3) is 0.0339. The average Bonchev–Trinajstić information content (AvgIpc) is 3.86. The highest BCUT2D eigenvalue weighted by Crippen LogP contribution is 2.43. The standard InChI is InChI=1S/C59H40N4/c1-61-57(39-19-6-3-7-20-39)37-51(38-17-4-2-5-18-38)60-59(61)63-53-29-15-13-25-46(53)50-36-41(32-34-55(50)63)40-31-33-54-49(35-40)45-24-12-14-28-52(45)62(54)56-30-16-27-48-44-22-9-8-21-42(44)43-23-10-11-26-47(43)58(48)56/h2-37,59H,1H3. The topological polar surface area (TPSA) is 25.5 Å². The van der Waals surface area contributed by atoms with Gasteiger partial charge in [0.1, 0.15) is 0 Å². The lowest BCUT2D eigenvalue weighted by Crippen LogP contribution is -2.31. The number of hydrogen-bond acceptors (Lipinski definition) is 2. The first-order valence-corrected chi connectivity index (χ1v) is 21.7. The Balaban J connectivity index is 0.989. The molecule has 1 atom stereocenters. The summed E-state index contributed by atoms with van der Waals surface area (Å²) in [5.41, 5.74) is 12.6. The third kappa shape index (κ3) is 5.38. The van der Waals surface area contributed by atoms with Crippen LogP contribution in [0.5, 0.6) is 0 Å². The quantitative estimate of drug-likeness (QED) is 0.159. The van der Waals surface area contributed by atoms with E-state index in [1.807, 2.05) is 0 Å². The summed E-state index contributed by atoms with van der Waals surface area (Å²) in [6.07, 6.45) is 1.92. The summed E-state index contributed by atoms with van der Waals surface area (Å²) >= 11 is 0. The van der Waals surface area contributed by atoms with E-state index in [1.165, 1.54) is 81.7 Å². The summed E-state index contributed by atoms with van der Waals surface area (Å²) in [6, 6.07) is 77.4. The van der Waals surface area contributed by atoms with Crippen LogP contribution in [0, 0.1) is 0 Å². The Bertz CT molecular complexity index is 3820. The molecule has 10 aromatic carbocycles.